The van der Waals surface area contributed by atoms with Gasteiger partial charge in [-0.25, -0.2) is 4.79 Å². The highest BCUT2D eigenvalue weighted by molar-refractivity contribution is 6.30. The van der Waals surface area contributed by atoms with Crippen LogP contribution in [0.2, 0.25) is 5.02 Å². The third-order valence-electron chi connectivity index (χ3n) is 1.92. The third-order valence-corrected chi connectivity index (χ3v) is 2.17. The molecule has 0 amide bonds. The summed E-state index contributed by atoms with van der Waals surface area (Å²) < 4.78 is 4.64. The maximum absolute atomic E-state index is 11.4. The monoisotopic (exact) mass is 282 g/mol. The minimum atomic E-state index is -0.926. The topological polar surface area (TPSA) is 88.3 Å². The maximum Gasteiger partial charge on any atom is 0.362 e. The maximum atomic E-state index is 11.4. The van der Waals surface area contributed by atoms with E-state index in [4.69, 9.17) is 11.6 Å². The van der Waals surface area contributed by atoms with E-state index in [-0.39, 0.29) is 12.9 Å². The van der Waals surface area contributed by atoms with Gasteiger partial charge >= 0.3 is 5.97 Å². The molecule has 0 fully saturated rings. The number of allylic oxidation sites excluding steroid dienone is 1. The average molecular weight is 283 g/mol. The molecule has 0 aromatic heterocycles. The van der Waals surface area contributed by atoms with Crippen molar-refractivity contribution in [1.82, 2.24) is 0 Å². The summed E-state index contributed by atoms with van der Waals surface area (Å²) in [4.78, 5) is 21.9. The number of aliphatic hydroxyl groups is 1. The molecule has 0 saturated heterocycles. The lowest BCUT2D eigenvalue weighted by Crippen LogP contribution is -2.09. The predicted molar refractivity (Wildman–Crippen MR) is 68.3 cm³/mol. The number of carbonyl (C=O) groups excluding carboxylic acids is 2. The van der Waals surface area contributed by atoms with Crippen LogP contribution in [0.3, 0.4) is 0 Å². The van der Waals surface area contributed by atoms with Crippen molar-refractivity contribution in [2.45, 2.75) is 6.92 Å². The number of aliphatic hydroxyl groups excluding tert-OH is 1. The van der Waals surface area contributed by atoms with Crippen LogP contribution in [0.4, 0.5) is 5.69 Å². The Morgan fingerprint density at radius 1 is 1.42 bits per heavy atom. The van der Waals surface area contributed by atoms with Gasteiger partial charge in [0.1, 0.15) is 0 Å². The molecule has 0 bridgehead atoms. The summed E-state index contributed by atoms with van der Waals surface area (Å²) in [6.07, 6.45) is 0.0904. The number of rotatable bonds is 5. The number of aldehydes is 1. The smallest absolute Gasteiger partial charge is 0.362 e. The zero-order chi connectivity index (χ0) is 14.3. The number of azo groups is 1. The molecule has 19 heavy (non-hydrogen) atoms. The van der Waals surface area contributed by atoms with E-state index < -0.39 is 17.4 Å². The van der Waals surface area contributed by atoms with E-state index in [0.29, 0.717) is 10.7 Å². The molecule has 0 saturated carbocycles. The second-order valence-corrected chi connectivity index (χ2v) is 3.69. The van der Waals surface area contributed by atoms with Crippen molar-refractivity contribution in [2.24, 2.45) is 10.2 Å². The van der Waals surface area contributed by atoms with E-state index >= 15 is 0 Å². The van der Waals surface area contributed by atoms with Gasteiger partial charge in [0.2, 0.25) is 5.70 Å². The van der Waals surface area contributed by atoms with Crippen LogP contribution in [0.15, 0.2) is 46.0 Å². The first-order chi connectivity index (χ1) is 9.08. The largest absolute Gasteiger partial charge is 0.503 e. The number of hydrogen-bond acceptors (Lipinski definition) is 6. The standard InChI is InChI=1S/C12H11ClN2O4/c1-2-19-12(18)11(10(17)7-16)15-14-9-5-3-8(13)4-6-9/h3-7,17H,2H2,1H3/b11-10-,15-14?. The van der Waals surface area contributed by atoms with Crippen molar-refractivity contribution < 1.29 is 19.4 Å². The quantitative estimate of drug-likeness (QED) is 0.296. The first-order valence-electron chi connectivity index (χ1n) is 5.31. The highest BCUT2D eigenvalue weighted by atomic mass is 35.5. The second kappa shape index (κ2) is 7.27. The number of benzene rings is 1. The fourth-order valence-electron chi connectivity index (χ4n) is 1.07. The van der Waals surface area contributed by atoms with Crippen LogP contribution in [0, 0.1) is 0 Å². The molecule has 0 aliphatic carbocycles. The zero-order valence-corrected chi connectivity index (χ0v) is 10.8. The number of hydrogen-bond donors (Lipinski definition) is 1. The van der Waals surface area contributed by atoms with Crippen LogP contribution in [-0.4, -0.2) is 24.0 Å². The number of halogens is 1. The van der Waals surface area contributed by atoms with Gasteiger partial charge in [-0.1, -0.05) is 11.6 Å². The van der Waals surface area contributed by atoms with Crippen LogP contribution in [-0.2, 0) is 14.3 Å². The molecule has 0 atom stereocenters. The molecule has 1 N–H and O–H groups in total. The Balaban J connectivity index is 2.98. The van der Waals surface area contributed by atoms with Gasteiger partial charge in [-0.05, 0) is 31.2 Å². The first kappa shape index (κ1) is 14.8. The third kappa shape index (κ3) is 4.51. The normalized spacial score (nSPS) is 12.1. The minimum Gasteiger partial charge on any atom is -0.503 e. The van der Waals surface area contributed by atoms with Crippen molar-refractivity contribution in [3.8, 4) is 0 Å². The van der Waals surface area contributed by atoms with Gasteiger partial charge in [0.05, 0.1) is 12.3 Å². The molecule has 0 heterocycles. The van der Waals surface area contributed by atoms with Gasteiger partial charge in [0.15, 0.2) is 12.0 Å². The summed E-state index contributed by atoms with van der Waals surface area (Å²) in [5, 5.41) is 17.0. The van der Waals surface area contributed by atoms with Gasteiger partial charge in [0, 0.05) is 5.02 Å². The van der Waals surface area contributed by atoms with Crippen LogP contribution in [0.1, 0.15) is 6.92 Å². The summed E-state index contributed by atoms with van der Waals surface area (Å²) in [6, 6.07) is 6.30. The lowest BCUT2D eigenvalue weighted by Gasteiger charge is -2.01. The summed E-state index contributed by atoms with van der Waals surface area (Å²) in [6.45, 7) is 1.68. The van der Waals surface area contributed by atoms with Crippen molar-refractivity contribution in [3.63, 3.8) is 0 Å². The molecule has 1 rings (SSSR count). The van der Waals surface area contributed by atoms with Crippen LogP contribution >= 0.6 is 11.6 Å². The second-order valence-electron chi connectivity index (χ2n) is 3.25. The van der Waals surface area contributed by atoms with Crippen LogP contribution < -0.4 is 0 Å². The van der Waals surface area contributed by atoms with E-state index in [1.807, 2.05) is 0 Å². The number of ether oxygens (including phenoxy) is 1. The molecule has 0 aliphatic rings. The molecular weight excluding hydrogens is 272 g/mol. The highest BCUT2D eigenvalue weighted by Gasteiger charge is 2.16. The molecule has 1 aromatic rings. The van der Waals surface area contributed by atoms with E-state index in [2.05, 4.69) is 15.0 Å². The summed E-state index contributed by atoms with van der Waals surface area (Å²) in [7, 11) is 0. The van der Waals surface area contributed by atoms with Crippen LogP contribution in [0.25, 0.3) is 0 Å². The Morgan fingerprint density at radius 3 is 2.58 bits per heavy atom. The minimum absolute atomic E-state index is 0.0882. The van der Waals surface area contributed by atoms with Crippen molar-refractivity contribution in [2.75, 3.05) is 6.61 Å². The number of esters is 1. The van der Waals surface area contributed by atoms with Gasteiger partial charge < -0.3 is 9.84 Å². The number of carbonyl (C=O) groups is 2. The summed E-state index contributed by atoms with van der Waals surface area (Å²) in [5.74, 6) is -1.76. The van der Waals surface area contributed by atoms with Crippen molar-refractivity contribution >= 4 is 29.5 Å². The van der Waals surface area contributed by atoms with E-state index in [0.717, 1.165) is 0 Å². The Bertz CT molecular complexity index is 523. The fourth-order valence-corrected chi connectivity index (χ4v) is 1.19. The lowest BCUT2D eigenvalue weighted by molar-refractivity contribution is -0.139. The lowest BCUT2D eigenvalue weighted by atomic mass is 10.3. The van der Waals surface area contributed by atoms with E-state index in [9.17, 15) is 14.7 Å². The number of nitrogens with zero attached hydrogens (tertiary/aromatic N) is 2. The fraction of sp³-hybridized carbons (Fsp3) is 0.167. The predicted octanol–water partition coefficient (Wildman–Crippen LogP) is 2.96. The molecule has 100 valence electrons. The first-order valence-corrected chi connectivity index (χ1v) is 5.69. The molecule has 0 unspecified atom stereocenters. The SMILES string of the molecule is CCOC(=O)/C(N=Nc1ccc(Cl)cc1)=C(/O)C=O. The Labute approximate surface area is 114 Å². The summed E-state index contributed by atoms with van der Waals surface area (Å²) in [5.41, 5.74) is -0.142. The molecule has 7 heteroatoms. The molecular formula is C12H11ClN2O4. The Kier molecular flexibility index (Phi) is 5.69. The van der Waals surface area contributed by atoms with Crippen LogP contribution in [0.5, 0.6) is 0 Å². The molecule has 6 nitrogen and oxygen atoms in total. The Morgan fingerprint density at radius 2 is 2.05 bits per heavy atom. The zero-order valence-electron chi connectivity index (χ0n) is 10.0. The molecule has 1 aromatic carbocycles. The van der Waals surface area contributed by atoms with E-state index in [1.54, 1.807) is 31.2 Å². The van der Waals surface area contributed by atoms with Gasteiger partial charge in [-0.15, -0.1) is 5.11 Å². The van der Waals surface area contributed by atoms with Crippen molar-refractivity contribution in [3.05, 3.63) is 40.7 Å². The molecule has 0 aliphatic heterocycles. The highest BCUT2D eigenvalue weighted by Crippen LogP contribution is 2.18. The molecule has 0 spiro atoms. The van der Waals surface area contributed by atoms with E-state index in [1.165, 1.54) is 0 Å². The summed E-state index contributed by atoms with van der Waals surface area (Å²) >= 11 is 5.70. The molecule has 0 radical (unpaired) electrons. The van der Waals surface area contributed by atoms with Gasteiger partial charge in [-0.2, -0.15) is 5.11 Å². The van der Waals surface area contributed by atoms with Gasteiger partial charge in [-0.3, -0.25) is 4.79 Å². The van der Waals surface area contributed by atoms with Crippen molar-refractivity contribution in [1.29, 1.82) is 0 Å². The Hall–Kier alpha value is -2.21. The average Bonchev–Trinajstić information content (AvgIpc) is 2.41. The van der Waals surface area contributed by atoms with Gasteiger partial charge in [0.25, 0.3) is 0 Å².